The molecule has 0 saturated heterocycles. The molecule has 0 bridgehead atoms. The topological polar surface area (TPSA) is 83.8 Å². The van der Waals surface area contributed by atoms with Crippen molar-refractivity contribution in [3.63, 3.8) is 0 Å². The smallest absolute Gasteiger partial charge is 0.218 e. The fourth-order valence-corrected chi connectivity index (χ4v) is 0.816. The third-order valence-electron chi connectivity index (χ3n) is 1.42. The van der Waals surface area contributed by atoms with E-state index in [4.69, 9.17) is 5.73 Å². The van der Waals surface area contributed by atoms with Gasteiger partial charge < -0.3 is 16.0 Å². The SMILES string of the molecule is NC(=O)CCNCc1cnc[nH]1. The van der Waals surface area contributed by atoms with Gasteiger partial charge in [-0.15, -0.1) is 0 Å². The zero-order valence-electron chi connectivity index (χ0n) is 6.71. The van der Waals surface area contributed by atoms with Crippen LogP contribution in [0.4, 0.5) is 0 Å². The highest BCUT2D eigenvalue weighted by molar-refractivity contribution is 5.73. The van der Waals surface area contributed by atoms with E-state index in [1.54, 1.807) is 12.5 Å². The summed E-state index contributed by atoms with van der Waals surface area (Å²) in [5, 5.41) is 3.05. The molecule has 1 heterocycles. The summed E-state index contributed by atoms with van der Waals surface area (Å²) >= 11 is 0. The molecule has 0 aliphatic carbocycles. The van der Waals surface area contributed by atoms with Gasteiger partial charge in [0.15, 0.2) is 0 Å². The van der Waals surface area contributed by atoms with Crippen LogP contribution in [0.3, 0.4) is 0 Å². The predicted octanol–water partition coefficient (Wildman–Crippen LogP) is -0.625. The number of nitrogens with zero attached hydrogens (tertiary/aromatic N) is 1. The molecule has 1 amide bonds. The van der Waals surface area contributed by atoms with Crippen molar-refractivity contribution in [1.29, 1.82) is 0 Å². The summed E-state index contributed by atoms with van der Waals surface area (Å²) in [5.41, 5.74) is 5.95. The summed E-state index contributed by atoms with van der Waals surface area (Å²) < 4.78 is 0. The first-order valence-corrected chi connectivity index (χ1v) is 3.75. The number of H-pyrrole nitrogens is 1. The normalized spacial score (nSPS) is 10.0. The lowest BCUT2D eigenvalue weighted by Crippen LogP contribution is -2.21. The van der Waals surface area contributed by atoms with Crippen LogP contribution in [0.15, 0.2) is 12.5 Å². The number of nitrogens with two attached hydrogens (primary N) is 1. The molecule has 5 nitrogen and oxygen atoms in total. The number of aromatic nitrogens is 2. The van der Waals surface area contributed by atoms with Crippen molar-refractivity contribution in [1.82, 2.24) is 15.3 Å². The number of aromatic amines is 1. The van der Waals surface area contributed by atoms with Crippen molar-refractivity contribution in [2.45, 2.75) is 13.0 Å². The van der Waals surface area contributed by atoms with E-state index in [0.717, 1.165) is 5.69 Å². The molecule has 0 aliphatic heterocycles. The maximum absolute atomic E-state index is 10.3. The Morgan fingerprint density at radius 1 is 1.75 bits per heavy atom. The third kappa shape index (κ3) is 3.16. The van der Waals surface area contributed by atoms with E-state index in [-0.39, 0.29) is 5.91 Å². The molecule has 4 N–H and O–H groups in total. The summed E-state index contributed by atoms with van der Waals surface area (Å²) in [4.78, 5) is 17.1. The average molecular weight is 168 g/mol. The molecule has 5 heteroatoms. The summed E-state index contributed by atoms with van der Waals surface area (Å²) in [6, 6.07) is 0. The van der Waals surface area contributed by atoms with Gasteiger partial charge in [-0.25, -0.2) is 4.98 Å². The van der Waals surface area contributed by atoms with Crippen molar-refractivity contribution < 1.29 is 4.79 Å². The number of primary amides is 1. The van der Waals surface area contributed by atoms with Crippen LogP contribution in [0.2, 0.25) is 0 Å². The van der Waals surface area contributed by atoms with Crippen molar-refractivity contribution in [2.75, 3.05) is 6.54 Å². The van der Waals surface area contributed by atoms with Crippen LogP contribution in [-0.2, 0) is 11.3 Å². The van der Waals surface area contributed by atoms with E-state index in [1.807, 2.05) is 0 Å². The highest BCUT2D eigenvalue weighted by atomic mass is 16.1. The quantitative estimate of drug-likeness (QED) is 0.512. The van der Waals surface area contributed by atoms with Gasteiger partial charge in [0.05, 0.1) is 6.33 Å². The first-order valence-electron chi connectivity index (χ1n) is 3.75. The highest BCUT2D eigenvalue weighted by Gasteiger charge is 1.94. The van der Waals surface area contributed by atoms with E-state index in [1.165, 1.54) is 0 Å². The van der Waals surface area contributed by atoms with Gasteiger partial charge >= 0.3 is 0 Å². The molecule has 12 heavy (non-hydrogen) atoms. The molecule has 0 fully saturated rings. The Labute approximate surface area is 70.4 Å². The van der Waals surface area contributed by atoms with E-state index >= 15 is 0 Å². The van der Waals surface area contributed by atoms with Gasteiger partial charge in [0.25, 0.3) is 0 Å². The van der Waals surface area contributed by atoms with Crippen LogP contribution in [-0.4, -0.2) is 22.4 Å². The van der Waals surface area contributed by atoms with Crippen LogP contribution in [0.5, 0.6) is 0 Å². The van der Waals surface area contributed by atoms with Crippen LogP contribution >= 0.6 is 0 Å². The molecule has 1 aromatic rings. The number of amides is 1. The number of hydrogen-bond acceptors (Lipinski definition) is 3. The Balaban J connectivity index is 2.07. The molecule has 0 radical (unpaired) electrons. The minimum Gasteiger partial charge on any atom is -0.370 e. The molecular formula is C7H12N4O. The van der Waals surface area contributed by atoms with Crippen molar-refractivity contribution in [3.05, 3.63) is 18.2 Å². The fourth-order valence-electron chi connectivity index (χ4n) is 0.816. The van der Waals surface area contributed by atoms with Gasteiger partial charge in [-0.05, 0) is 0 Å². The predicted molar refractivity (Wildman–Crippen MR) is 44.1 cm³/mol. The van der Waals surface area contributed by atoms with E-state index in [9.17, 15) is 4.79 Å². The lowest BCUT2D eigenvalue weighted by atomic mass is 10.4. The second kappa shape index (κ2) is 4.50. The molecule has 0 aliphatic rings. The minimum absolute atomic E-state index is 0.285. The zero-order chi connectivity index (χ0) is 8.81. The first-order chi connectivity index (χ1) is 5.79. The van der Waals surface area contributed by atoms with Crippen molar-refractivity contribution in [2.24, 2.45) is 5.73 Å². The fraction of sp³-hybridized carbons (Fsp3) is 0.429. The standard InChI is InChI=1S/C7H12N4O/c8-7(12)1-2-9-3-6-4-10-5-11-6/h4-5,9H,1-3H2,(H2,8,12)(H,10,11). The van der Waals surface area contributed by atoms with Crippen LogP contribution < -0.4 is 11.1 Å². The van der Waals surface area contributed by atoms with Crippen molar-refractivity contribution in [3.8, 4) is 0 Å². The van der Waals surface area contributed by atoms with Crippen LogP contribution in [0.1, 0.15) is 12.1 Å². The van der Waals surface area contributed by atoms with E-state index in [0.29, 0.717) is 19.5 Å². The number of carbonyl (C=O) groups excluding carboxylic acids is 1. The lowest BCUT2D eigenvalue weighted by molar-refractivity contribution is -0.117. The Morgan fingerprint density at radius 2 is 2.58 bits per heavy atom. The molecule has 1 rings (SSSR count). The molecular weight excluding hydrogens is 156 g/mol. The molecule has 1 aromatic heterocycles. The average Bonchev–Trinajstić information content (AvgIpc) is 2.49. The minimum atomic E-state index is -0.285. The second-order valence-corrected chi connectivity index (χ2v) is 2.47. The maximum atomic E-state index is 10.3. The molecule has 0 saturated carbocycles. The van der Waals surface area contributed by atoms with Crippen LogP contribution in [0, 0.1) is 0 Å². The van der Waals surface area contributed by atoms with Gasteiger partial charge in [0, 0.05) is 31.4 Å². The molecule has 0 atom stereocenters. The van der Waals surface area contributed by atoms with E-state index < -0.39 is 0 Å². The molecule has 66 valence electrons. The van der Waals surface area contributed by atoms with Crippen LogP contribution in [0.25, 0.3) is 0 Å². The lowest BCUT2D eigenvalue weighted by Gasteiger charge is -1.99. The van der Waals surface area contributed by atoms with Gasteiger partial charge in [-0.3, -0.25) is 4.79 Å². The van der Waals surface area contributed by atoms with Crippen molar-refractivity contribution >= 4 is 5.91 Å². The highest BCUT2D eigenvalue weighted by Crippen LogP contribution is 1.88. The monoisotopic (exact) mass is 168 g/mol. The molecule has 0 spiro atoms. The number of rotatable bonds is 5. The summed E-state index contributed by atoms with van der Waals surface area (Å²) in [6.45, 7) is 1.29. The molecule has 0 aromatic carbocycles. The number of carbonyl (C=O) groups is 1. The van der Waals surface area contributed by atoms with Gasteiger partial charge in [0.2, 0.25) is 5.91 Å². The summed E-state index contributed by atoms with van der Waals surface area (Å²) in [6.07, 6.45) is 3.72. The molecule has 0 unspecified atom stereocenters. The Morgan fingerprint density at radius 3 is 3.17 bits per heavy atom. The van der Waals surface area contributed by atoms with Gasteiger partial charge in [-0.1, -0.05) is 0 Å². The van der Waals surface area contributed by atoms with E-state index in [2.05, 4.69) is 15.3 Å². The van der Waals surface area contributed by atoms with Gasteiger partial charge in [0.1, 0.15) is 0 Å². The van der Waals surface area contributed by atoms with Gasteiger partial charge in [-0.2, -0.15) is 0 Å². The zero-order valence-corrected chi connectivity index (χ0v) is 6.71. The largest absolute Gasteiger partial charge is 0.370 e. The number of nitrogens with one attached hydrogen (secondary N) is 2. The number of imidazole rings is 1. The Kier molecular flexibility index (Phi) is 3.28. The summed E-state index contributed by atoms with van der Waals surface area (Å²) in [5.74, 6) is -0.285. The maximum Gasteiger partial charge on any atom is 0.218 e. The second-order valence-electron chi connectivity index (χ2n) is 2.47. The third-order valence-corrected chi connectivity index (χ3v) is 1.42. The Bertz CT molecular complexity index is 232. The first kappa shape index (κ1) is 8.73. The Hall–Kier alpha value is -1.36. The number of hydrogen-bond donors (Lipinski definition) is 3. The summed E-state index contributed by atoms with van der Waals surface area (Å²) in [7, 11) is 0.